The molecule has 0 aliphatic carbocycles. The number of hydrogen-bond donors (Lipinski definition) is 1. The van der Waals surface area contributed by atoms with Gasteiger partial charge >= 0.3 is 0 Å². The first-order chi connectivity index (χ1) is 15.5. The van der Waals surface area contributed by atoms with E-state index in [9.17, 15) is 9.18 Å². The third kappa shape index (κ3) is 4.92. The van der Waals surface area contributed by atoms with Gasteiger partial charge in [-0.3, -0.25) is 9.69 Å². The summed E-state index contributed by atoms with van der Waals surface area (Å²) in [5, 5.41) is 3.09. The predicted octanol–water partition coefficient (Wildman–Crippen LogP) is 4.64. The van der Waals surface area contributed by atoms with Crippen LogP contribution < -0.4 is 15.0 Å². The fourth-order valence-corrected chi connectivity index (χ4v) is 4.17. The number of carbonyl (C=O) groups is 1. The Morgan fingerprint density at radius 1 is 0.969 bits per heavy atom. The lowest BCUT2D eigenvalue weighted by Crippen LogP contribution is -2.50. The second kappa shape index (κ2) is 9.83. The topological polar surface area (TPSA) is 44.8 Å². The van der Waals surface area contributed by atoms with Crippen LogP contribution in [0.2, 0.25) is 0 Å². The van der Waals surface area contributed by atoms with E-state index in [2.05, 4.69) is 15.1 Å². The molecule has 3 aromatic carbocycles. The molecule has 1 atom stereocenters. The molecule has 32 heavy (non-hydrogen) atoms. The summed E-state index contributed by atoms with van der Waals surface area (Å²) in [6.45, 7) is 4.94. The van der Waals surface area contributed by atoms with E-state index < -0.39 is 6.04 Å². The predicted molar refractivity (Wildman–Crippen MR) is 126 cm³/mol. The summed E-state index contributed by atoms with van der Waals surface area (Å²) in [6, 6.07) is 21.7. The molecule has 5 nitrogen and oxygen atoms in total. The Morgan fingerprint density at radius 2 is 1.66 bits per heavy atom. The summed E-state index contributed by atoms with van der Waals surface area (Å²) >= 11 is 0. The van der Waals surface area contributed by atoms with Crippen molar-refractivity contribution in [2.75, 3.05) is 43.5 Å². The molecule has 1 heterocycles. The van der Waals surface area contributed by atoms with Crippen molar-refractivity contribution in [3.63, 3.8) is 0 Å². The Kier molecular flexibility index (Phi) is 6.71. The average Bonchev–Trinajstić information content (AvgIpc) is 2.81. The third-order valence-electron chi connectivity index (χ3n) is 5.85. The van der Waals surface area contributed by atoms with Gasteiger partial charge in [0, 0.05) is 31.9 Å². The number of amides is 1. The number of hydrogen-bond acceptors (Lipinski definition) is 4. The Labute approximate surface area is 188 Å². The van der Waals surface area contributed by atoms with Crippen LogP contribution in [0.25, 0.3) is 0 Å². The molecule has 0 spiro atoms. The van der Waals surface area contributed by atoms with Crippen molar-refractivity contribution < 1.29 is 13.9 Å². The minimum atomic E-state index is -0.420. The number of nitrogens with one attached hydrogen (secondary N) is 1. The quantitative estimate of drug-likeness (QED) is 0.615. The molecule has 1 aliphatic rings. The van der Waals surface area contributed by atoms with E-state index in [1.165, 1.54) is 12.1 Å². The fourth-order valence-electron chi connectivity index (χ4n) is 4.17. The van der Waals surface area contributed by atoms with Gasteiger partial charge in [-0.2, -0.15) is 0 Å². The van der Waals surface area contributed by atoms with Gasteiger partial charge in [0.2, 0.25) is 5.91 Å². The van der Waals surface area contributed by atoms with Crippen LogP contribution in [0.3, 0.4) is 0 Å². The molecule has 166 valence electrons. The normalized spacial score (nSPS) is 15.3. The molecular weight excluding hydrogens is 405 g/mol. The molecule has 0 unspecified atom stereocenters. The molecule has 6 heteroatoms. The van der Waals surface area contributed by atoms with Crippen molar-refractivity contribution >= 4 is 17.3 Å². The van der Waals surface area contributed by atoms with E-state index >= 15 is 0 Å². The highest BCUT2D eigenvalue weighted by atomic mass is 19.1. The second-order valence-electron chi connectivity index (χ2n) is 8.01. The minimum Gasteiger partial charge on any atom is -0.495 e. The van der Waals surface area contributed by atoms with Crippen molar-refractivity contribution in [3.05, 3.63) is 89.7 Å². The highest BCUT2D eigenvalue weighted by Gasteiger charge is 2.31. The number of carbonyl (C=O) groups excluding carboxylic acids is 1. The van der Waals surface area contributed by atoms with Gasteiger partial charge in [0.25, 0.3) is 0 Å². The monoisotopic (exact) mass is 433 g/mol. The highest BCUT2D eigenvalue weighted by molar-refractivity contribution is 5.97. The van der Waals surface area contributed by atoms with Crippen LogP contribution in [0.4, 0.5) is 15.8 Å². The molecule has 0 saturated carbocycles. The van der Waals surface area contributed by atoms with Gasteiger partial charge < -0.3 is 15.0 Å². The molecule has 1 saturated heterocycles. The van der Waals surface area contributed by atoms with Crippen LogP contribution in [-0.4, -0.2) is 44.1 Å². The smallest absolute Gasteiger partial charge is 0.246 e. The summed E-state index contributed by atoms with van der Waals surface area (Å²) in [7, 11) is 1.60. The number of benzene rings is 3. The number of piperazine rings is 1. The molecular formula is C26H28FN3O2. The SMILES string of the molecule is COc1ccc(C)cc1NC(=O)[C@H](c1ccccc1)N1CCN(c2ccc(F)cc2)CC1. The van der Waals surface area contributed by atoms with Crippen LogP contribution >= 0.6 is 0 Å². The van der Waals surface area contributed by atoms with E-state index in [0.29, 0.717) is 11.4 Å². The van der Waals surface area contributed by atoms with Gasteiger partial charge in [-0.1, -0.05) is 36.4 Å². The highest BCUT2D eigenvalue weighted by Crippen LogP contribution is 2.29. The fraction of sp³-hybridized carbons (Fsp3) is 0.269. The first kappa shape index (κ1) is 21.8. The van der Waals surface area contributed by atoms with Gasteiger partial charge in [-0.25, -0.2) is 4.39 Å². The third-order valence-corrected chi connectivity index (χ3v) is 5.85. The lowest BCUT2D eigenvalue weighted by atomic mass is 10.0. The molecule has 1 aliphatic heterocycles. The lowest BCUT2D eigenvalue weighted by molar-refractivity contribution is -0.121. The number of methoxy groups -OCH3 is 1. The number of anilines is 2. The van der Waals surface area contributed by atoms with Crippen LogP contribution in [0.15, 0.2) is 72.8 Å². The van der Waals surface area contributed by atoms with Gasteiger partial charge in [0.05, 0.1) is 12.8 Å². The van der Waals surface area contributed by atoms with Crippen LogP contribution in [0.1, 0.15) is 17.2 Å². The molecule has 1 amide bonds. The zero-order valence-corrected chi connectivity index (χ0v) is 18.4. The summed E-state index contributed by atoms with van der Waals surface area (Å²) in [5.41, 5.74) is 3.66. The van der Waals surface area contributed by atoms with Crippen molar-refractivity contribution in [3.8, 4) is 5.75 Å². The van der Waals surface area contributed by atoms with Crippen molar-refractivity contribution in [2.45, 2.75) is 13.0 Å². The Morgan fingerprint density at radius 3 is 2.31 bits per heavy atom. The summed E-state index contributed by atoms with van der Waals surface area (Å²) in [6.07, 6.45) is 0. The number of aryl methyl sites for hydroxylation is 1. The average molecular weight is 434 g/mol. The van der Waals surface area contributed by atoms with Crippen LogP contribution in [0, 0.1) is 12.7 Å². The maximum atomic E-state index is 13.5. The van der Waals surface area contributed by atoms with Crippen molar-refractivity contribution in [1.29, 1.82) is 0 Å². The van der Waals surface area contributed by atoms with E-state index in [1.807, 2.05) is 55.5 Å². The summed E-state index contributed by atoms with van der Waals surface area (Å²) < 4.78 is 18.7. The molecule has 0 radical (unpaired) electrons. The standard InChI is InChI=1S/C26H28FN3O2/c1-19-8-13-24(32-2)23(18-19)28-26(31)25(20-6-4-3-5-7-20)30-16-14-29(15-17-30)22-11-9-21(27)10-12-22/h3-13,18,25H,14-17H2,1-2H3,(H,28,31)/t25-/m0/s1. The van der Waals surface area contributed by atoms with E-state index in [0.717, 1.165) is 43.0 Å². The molecule has 0 bridgehead atoms. The van der Waals surface area contributed by atoms with Crippen molar-refractivity contribution in [2.24, 2.45) is 0 Å². The molecule has 4 rings (SSSR count). The number of rotatable bonds is 6. The minimum absolute atomic E-state index is 0.0877. The number of halogens is 1. The first-order valence-corrected chi connectivity index (χ1v) is 10.8. The molecule has 3 aromatic rings. The molecule has 0 aromatic heterocycles. The van der Waals surface area contributed by atoms with Crippen LogP contribution in [-0.2, 0) is 4.79 Å². The van der Waals surface area contributed by atoms with Gasteiger partial charge in [-0.15, -0.1) is 0 Å². The first-order valence-electron chi connectivity index (χ1n) is 10.8. The van der Waals surface area contributed by atoms with E-state index in [4.69, 9.17) is 4.74 Å². The van der Waals surface area contributed by atoms with Gasteiger partial charge in [0.15, 0.2) is 0 Å². The Hall–Kier alpha value is -3.38. The van der Waals surface area contributed by atoms with Gasteiger partial charge in [-0.05, 0) is 54.4 Å². The number of nitrogens with zero attached hydrogens (tertiary/aromatic N) is 2. The van der Waals surface area contributed by atoms with E-state index in [1.54, 1.807) is 19.2 Å². The van der Waals surface area contributed by atoms with Gasteiger partial charge in [0.1, 0.15) is 17.6 Å². The lowest BCUT2D eigenvalue weighted by Gasteiger charge is -2.39. The summed E-state index contributed by atoms with van der Waals surface area (Å²) in [5.74, 6) is 0.312. The Bertz CT molecular complexity index is 1050. The second-order valence-corrected chi connectivity index (χ2v) is 8.01. The maximum absolute atomic E-state index is 13.5. The number of ether oxygens (including phenoxy) is 1. The maximum Gasteiger partial charge on any atom is 0.246 e. The zero-order chi connectivity index (χ0) is 22.5. The van der Waals surface area contributed by atoms with Crippen LogP contribution in [0.5, 0.6) is 5.75 Å². The van der Waals surface area contributed by atoms with E-state index in [-0.39, 0.29) is 11.7 Å². The Balaban J connectivity index is 1.54. The molecule has 1 N–H and O–H groups in total. The summed E-state index contributed by atoms with van der Waals surface area (Å²) in [4.78, 5) is 17.9. The van der Waals surface area contributed by atoms with Crippen molar-refractivity contribution in [1.82, 2.24) is 4.90 Å². The largest absolute Gasteiger partial charge is 0.495 e. The zero-order valence-electron chi connectivity index (χ0n) is 18.4. The molecule has 1 fully saturated rings.